The van der Waals surface area contributed by atoms with E-state index in [-0.39, 0.29) is 11.3 Å². The Morgan fingerprint density at radius 2 is 2.16 bits per heavy atom. The predicted molar refractivity (Wildman–Crippen MR) is 84.3 cm³/mol. The van der Waals surface area contributed by atoms with Gasteiger partial charge in [-0.1, -0.05) is 20.8 Å². The highest BCUT2D eigenvalue weighted by molar-refractivity contribution is 7.99. The van der Waals surface area contributed by atoms with Crippen LogP contribution in [-0.2, 0) is 4.79 Å². The molecular formula is C15H30N2OS. The number of hydrogen-bond donors (Lipinski definition) is 2. The number of carbonyl (C=O) groups is 1. The summed E-state index contributed by atoms with van der Waals surface area (Å²) in [5, 5.41) is 3.09. The Balaban J connectivity index is 2.23. The van der Waals surface area contributed by atoms with Gasteiger partial charge in [0.15, 0.2) is 0 Å². The molecule has 0 saturated carbocycles. The number of thioether (sulfide) groups is 1. The Morgan fingerprint density at radius 1 is 1.42 bits per heavy atom. The molecule has 0 spiro atoms. The molecule has 3 nitrogen and oxygen atoms in total. The summed E-state index contributed by atoms with van der Waals surface area (Å²) in [7, 11) is 0. The third-order valence-corrected chi connectivity index (χ3v) is 5.30. The van der Waals surface area contributed by atoms with E-state index >= 15 is 0 Å². The zero-order valence-corrected chi connectivity index (χ0v) is 13.5. The van der Waals surface area contributed by atoms with Crippen molar-refractivity contribution in [3.05, 3.63) is 0 Å². The SMILES string of the molecule is CC(C)(C)C(CCN)CCC(=O)NCC1CCSC1. The Kier molecular flexibility index (Phi) is 7.22. The van der Waals surface area contributed by atoms with Crippen molar-refractivity contribution in [1.82, 2.24) is 5.32 Å². The molecule has 19 heavy (non-hydrogen) atoms. The third kappa shape index (κ3) is 6.66. The van der Waals surface area contributed by atoms with Crippen molar-refractivity contribution in [2.24, 2.45) is 23.0 Å². The van der Waals surface area contributed by atoms with Gasteiger partial charge >= 0.3 is 0 Å². The summed E-state index contributed by atoms with van der Waals surface area (Å²) in [6, 6.07) is 0. The molecule has 0 bridgehead atoms. The van der Waals surface area contributed by atoms with E-state index in [1.165, 1.54) is 17.9 Å². The van der Waals surface area contributed by atoms with Gasteiger partial charge in [0.05, 0.1) is 0 Å². The Hall–Kier alpha value is -0.220. The van der Waals surface area contributed by atoms with Crippen LogP contribution in [0.5, 0.6) is 0 Å². The number of rotatable bonds is 7. The predicted octanol–water partition coefficient (Wildman–Crippen LogP) is 2.65. The monoisotopic (exact) mass is 286 g/mol. The molecule has 1 amide bonds. The van der Waals surface area contributed by atoms with Gasteiger partial charge in [0.25, 0.3) is 0 Å². The lowest BCUT2D eigenvalue weighted by atomic mass is 9.76. The van der Waals surface area contributed by atoms with E-state index in [2.05, 4.69) is 26.1 Å². The maximum atomic E-state index is 11.9. The molecular weight excluding hydrogens is 256 g/mol. The number of amides is 1. The van der Waals surface area contributed by atoms with Gasteiger partial charge in [-0.05, 0) is 54.6 Å². The van der Waals surface area contributed by atoms with Crippen LogP contribution in [0.2, 0.25) is 0 Å². The van der Waals surface area contributed by atoms with Crippen LogP contribution in [0.15, 0.2) is 0 Å². The first-order valence-electron chi connectivity index (χ1n) is 7.48. The summed E-state index contributed by atoms with van der Waals surface area (Å²) in [5.74, 6) is 3.89. The van der Waals surface area contributed by atoms with Crippen molar-refractivity contribution in [1.29, 1.82) is 0 Å². The number of carbonyl (C=O) groups excluding carboxylic acids is 1. The number of nitrogens with two attached hydrogens (primary N) is 1. The van der Waals surface area contributed by atoms with Gasteiger partial charge in [0.2, 0.25) is 5.91 Å². The number of nitrogens with one attached hydrogen (secondary N) is 1. The van der Waals surface area contributed by atoms with E-state index in [0.717, 1.165) is 19.4 Å². The lowest BCUT2D eigenvalue weighted by molar-refractivity contribution is -0.121. The molecule has 0 radical (unpaired) electrons. The highest BCUT2D eigenvalue weighted by Crippen LogP contribution is 2.32. The van der Waals surface area contributed by atoms with Gasteiger partial charge in [-0.3, -0.25) is 4.79 Å². The molecule has 0 aromatic carbocycles. The topological polar surface area (TPSA) is 55.1 Å². The fraction of sp³-hybridized carbons (Fsp3) is 0.933. The van der Waals surface area contributed by atoms with Gasteiger partial charge in [-0.25, -0.2) is 0 Å². The Labute approximate surface area is 122 Å². The van der Waals surface area contributed by atoms with E-state index in [0.29, 0.717) is 24.8 Å². The molecule has 1 rings (SSSR count). The average Bonchev–Trinajstić information content (AvgIpc) is 2.83. The largest absolute Gasteiger partial charge is 0.356 e. The van der Waals surface area contributed by atoms with E-state index in [1.807, 2.05) is 11.8 Å². The first-order valence-corrected chi connectivity index (χ1v) is 8.63. The van der Waals surface area contributed by atoms with Crippen LogP contribution in [0.3, 0.4) is 0 Å². The Bertz CT molecular complexity index is 270. The van der Waals surface area contributed by atoms with E-state index < -0.39 is 0 Å². The summed E-state index contributed by atoms with van der Waals surface area (Å²) in [4.78, 5) is 11.9. The molecule has 2 atom stereocenters. The minimum atomic E-state index is 0.211. The van der Waals surface area contributed by atoms with Crippen LogP contribution in [-0.4, -0.2) is 30.5 Å². The molecule has 1 aliphatic heterocycles. The molecule has 112 valence electrons. The van der Waals surface area contributed by atoms with E-state index in [9.17, 15) is 4.79 Å². The summed E-state index contributed by atoms with van der Waals surface area (Å²) in [6.45, 7) is 8.29. The summed E-state index contributed by atoms with van der Waals surface area (Å²) in [6.07, 6.45) is 3.85. The smallest absolute Gasteiger partial charge is 0.220 e. The van der Waals surface area contributed by atoms with Gasteiger partial charge < -0.3 is 11.1 Å². The van der Waals surface area contributed by atoms with Crippen molar-refractivity contribution in [3.63, 3.8) is 0 Å². The molecule has 1 fully saturated rings. The molecule has 2 unspecified atom stereocenters. The summed E-state index contributed by atoms with van der Waals surface area (Å²) in [5.41, 5.74) is 5.91. The molecule has 3 N–H and O–H groups in total. The average molecular weight is 286 g/mol. The first kappa shape index (κ1) is 16.8. The van der Waals surface area contributed by atoms with Crippen LogP contribution in [0.25, 0.3) is 0 Å². The fourth-order valence-electron chi connectivity index (χ4n) is 2.61. The maximum absolute atomic E-state index is 11.9. The van der Waals surface area contributed by atoms with Crippen molar-refractivity contribution in [2.45, 2.75) is 46.5 Å². The minimum Gasteiger partial charge on any atom is -0.356 e. The van der Waals surface area contributed by atoms with Gasteiger partial charge in [0.1, 0.15) is 0 Å². The maximum Gasteiger partial charge on any atom is 0.220 e. The number of hydrogen-bond acceptors (Lipinski definition) is 3. The molecule has 0 aromatic rings. The molecule has 0 aromatic heterocycles. The highest BCUT2D eigenvalue weighted by Gasteiger charge is 2.24. The standard InChI is InChI=1S/C15H30N2OS/c1-15(2,3)13(6-8-16)4-5-14(18)17-10-12-7-9-19-11-12/h12-13H,4-11,16H2,1-3H3,(H,17,18). The van der Waals surface area contributed by atoms with Crippen LogP contribution in [0.4, 0.5) is 0 Å². The van der Waals surface area contributed by atoms with E-state index in [1.54, 1.807) is 0 Å². The lowest BCUT2D eigenvalue weighted by Crippen LogP contribution is -2.31. The van der Waals surface area contributed by atoms with Crippen molar-refractivity contribution in [2.75, 3.05) is 24.6 Å². The third-order valence-electron chi connectivity index (χ3n) is 4.07. The molecule has 1 saturated heterocycles. The van der Waals surface area contributed by atoms with Gasteiger partial charge in [-0.15, -0.1) is 0 Å². The normalized spacial score (nSPS) is 21.4. The van der Waals surface area contributed by atoms with Crippen molar-refractivity contribution in [3.8, 4) is 0 Å². The Morgan fingerprint density at radius 3 is 2.68 bits per heavy atom. The van der Waals surface area contributed by atoms with Gasteiger partial charge in [-0.2, -0.15) is 11.8 Å². The molecule has 1 aliphatic rings. The van der Waals surface area contributed by atoms with E-state index in [4.69, 9.17) is 5.73 Å². The fourth-order valence-corrected chi connectivity index (χ4v) is 3.89. The zero-order chi connectivity index (χ0) is 14.3. The molecule has 4 heteroatoms. The summed E-state index contributed by atoms with van der Waals surface area (Å²) >= 11 is 2.00. The second kappa shape index (κ2) is 8.15. The zero-order valence-electron chi connectivity index (χ0n) is 12.7. The van der Waals surface area contributed by atoms with Crippen LogP contribution in [0.1, 0.15) is 46.5 Å². The quantitative estimate of drug-likeness (QED) is 0.756. The first-order chi connectivity index (χ1) is 8.93. The lowest BCUT2D eigenvalue weighted by Gasteiger charge is -2.30. The second-order valence-corrected chi connectivity index (χ2v) is 7.86. The van der Waals surface area contributed by atoms with Gasteiger partial charge in [0, 0.05) is 13.0 Å². The van der Waals surface area contributed by atoms with Crippen molar-refractivity contribution < 1.29 is 4.79 Å². The molecule has 1 heterocycles. The summed E-state index contributed by atoms with van der Waals surface area (Å²) < 4.78 is 0. The van der Waals surface area contributed by atoms with Crippen LogP contribution >= 0.6 is 11.8 Å². The second-order valence-electron chi connectivity index (χ2n) is 6.71. The van der Waals surface area contributed by atoms with Crippen LogP contribution < -0.4 is 11.1 Å². The highest BCUT2D eigenvalue weighted by atomic mass is 32.2. The van der Waals surface area contributed by atoms with Crippen molar-refractivity contribution >= 4 is 17.7 Å². The molecule has 0 aliphatic carbocycles. The van der Waals surface area contributed by atoms with Crippen LogP contribution in [0, 0.1) is 17.3 Å². The minimum absolute atomic E-state index is 0.211.